The molecule has 5 nitrogen and oxygen atoms in total. The lowest BCUT2D eigenvalue weighted by atomic mass is 9.96. The lowest BCUT2D eigenvalue weighted by Gasteiger charge is -2.22. The normalized spacial score (nSPS) is 17.7. The molecule has 0 fully saturated rings. The van der Waals surface area contributed by atoms with Gasteiger partial charge in [-0.15, -0.1) is 0 Å². The van der Waals surface area contributed by atoms with Crippen molar-refractivity contribution in [2.45, 2.75) is 13.3 Å². The second-order valence-corrected chi connectivity index (χ2v) is 3.90. The predicted molar refractivity (Wildman–Crippen MR) is 62.5 cm³/mol. The van der Waals surface area contributed by atoms with Crippen LogP contribution in [0.1, 0.15) is 12.5 Å². The van der Waals surface area contributed by atoms with E-state index in [4.69, 9.17) is 14.2 Å². The second-order valence-electron chi connectivity index (χ2n) is 3.90. The van der Waals surface area contributed by atoms with Crippen molar-refractivity contribution >= 4 is 11.9 Å². The molecule has 1 atom stereocenters. The maximum Gasteiger partial charge on any atom is 0.326 e. The SMILES string of the molecule is CCOC(=O)C1Cc2cc(OC)ccc2OC1=O. The van der Waals surface area contributed by atoms with Crippen LogP contribution >= 0.6 is 0 Å². The first kappa shape index (κ1) is 12.4. The molecule has 0 bridgehead atoms. The summed E-state index contributed by atoms with van der Waals surface area (Å²) < 4.78 is 15.1. The number of rotatable bonds is 3. The first-order chi connectivity index (χ1) is 8.65. The number of carbonyl (C=O) groups excluding carboxylic acids is 2. The molecule has 1 aromatic carbocycles. The zero-order valence-electron chi connectivity index (χ0n) is 10.3. The van der Waals surface area contributed by atoms with Gasteiger partial charge in [-0.1, -0.05) is 0 Å². The minimum Gasteiger partial charge on any atom is -0.497 e. The molecule has 0 aliphatic carbocycles. The van der Waals surface area contributed by atoms with Crippen LogP contribution < -0.4 is 9.47 Å². The van der Waals surface area contributed by atoms with Crippen molar-refractivity contribution in [2.75, 3.05) is 13.7 Å². The number of esters is 2. The van der Waals surface area contributed by atoms with Crippen LogP contribution in [0.15, 0.2) is 18.2 Å². The molecule has 1 aliphatic heterocycles. The molecule has 0 radical (unpaired) electrons. The summed E-state index contributed by atoms with van der Waals surface area (Å²) in [5, 5.41) is 0. The molecule has 0 saturated carbocycles. The minimum absolute atomic E-state index is 0.244. The number of carbonyl (C=O) groups is 2. The minimum atomic E-state index is -0.885. The zero-order chi connectivity index (χ0) is 13.1. The fourth-order valence-corrected chi connectivity index (χ4v) is 1.85. The van der Waals surface area contributed by atoms with Crippen molar-refractivity contribution in [3.63, 3.8) is 0 Å². The lowest BCUT2D eigenvalue weighted by Crippen LogP contribution is -2.35. The fourth-order valence-electron chi connectivity index (χ4n) is 1.85. The van der Waals surface area contributed by atoms with E-state index in [0.29, 0.717) is 11.5 Å². The van der Waals surface area contributed by atoms with Crippen LogP contribution in [0.4, 0.5) is 0 Å². The van der Waals surface area contributed by atoms with Gasteiger partial charge < -0.3 is 14.2 Å². The first-order valence-corrected chi connectivity index (χ1v) is 5.71. The van der Waals surface area contributed by atoms with E-state index in [1.165, 1.54) is 0 Å². The molecule has 18 heavy (non-hydrogen) atoms. The molecule has 1 heterocycles. The Morgan fingerprint density at radius 1 is 1.50 bits per heavy atom. The summed E-state index contributed by atoms with van der Waals surface area (Å²) in [7, 11) is 1.55. The fraction of sp³-hybridized carbons (Fsp3) is 0.385. The molecule has 5 heteroatoms. The van der Waals surface area contributed by atoms with Crippen molar-refractivity contribution in [3.8, 4) is 11.5 Å². The molecular weight excluding hydrogens is 236 g/mol. The van der Waals surface area contributed by atoms with Crippen molar-refractivity contribution in [1.82, 2.24) is 0 Å². The molecule has 0 aromatic heterocycles. The van der Waals surface area contributed by atoms with Gasteiger partial charge >= 0.3 is 11.9 Å². The highest BCUT2D eigenvalue weighted by atomic mass is 16.6. The van der Waals surface area contributed by atoms with E-state index in [2.05, 4.69) is 0 Å². The molecule has 1 unspecified atom stereocenters. The molecule has 1 aliphatic rings. The molecule has 0 saturated heterocycles. The number of hydrogen-bond donors (Lipinski definition) is 0. The predicted octanol–water partition coefficient (Wildman–Crippen LogP) is 1.34. The van der Waals surface area contributed by atoms with E-state index in [1.807, 2.05) is 0 Å². The summed E-state index contributed by atoms with van der Waals surface area (Å²) in [6.45, 7) is 1.94. The number of benzene rings is 1. The van der Waals surface area contributed by atoms with Gasteiger partial charge in [0.25, 0.3) is 0 Å². The number of hydrogen-bond acceptors (Lipinski definition) is 5. The number of methoxy groups -OCH3 is 1. The van der Waals surface area contributed by atoms with Gasteiger partial charge in [-0.3, -0.25) is 9.59 Å². The number of fused-ring (bicyclic) bond motifs is 1. The molecule has 0 N–H and O–H groups in total. The summed E-state index contributed by atoms with van der Waals surface area (Å²) >= 11 is 0. The van der Waals surface area contributed by atoms with E-state index in [-0.39, 0.29) is 13.0 Å². The van der Waals surface area contributed by atoms with Crippen molar-refractivity contribution in [2.24, 2.45) is 5.92 Å². The average molecular weight is 250 g/mol. The molecule has 96 valence electrons. The van der Waals surface area contributed by atoms with Gasteiger partial charge in [0.15, 0.2) is 5.92 Å². The molecule has 0 amide bonds. The molecule has 0 spiro atoms. The van der Waals surface area contributed by atoms with Crippen LogP contribution in [0.5, 0.6) is 11.5 Å². The van der Waals surface area contributed by atoms with Crippen molar-refractivity contribution < 1.29 is 23.8 Å². The smallest absolute Gasteiger partial charge is 0.326 e. The maximum absolute atomic E-state index is 11.7. The van der Waals surface area contributed by atoms with Crippen molar-refractivity contribution in [1.29, 1.82) is 0 Å². The van der Waals surface area contributed by atoms with E-state index < -0.39 is 17.9 Å². The van der Waals surface area contributed by atoms with Gasteiger partial charge in [-0.05, 0) is 25.1 Å². The van der Waals surface area contributed by atoms with Crippen LogP contribution in [-0.2, 0) is 20.7 Å². The number of ether oxygens (including phenoxy) is 3. The van der Waals surface area contributed by atoms with Crippen LogP contribution in [-0.4, -0.2) is 25.7 Å². The van der Waals surface area contributed by atoms with Gasteiger partial charge in [-0.25, -0.2) is 0 Å². The highest BCUT2D eigenvalue weighted by molar-refractivity contribution is 5.97. The van der Waals surface area contributed by atoms with E-state index in [1.54, 1.807) is 32.2 Å². The zero-order valence-corrected chi connectivity index (χ0v) is 10.3. The van der Waals surface area contributed by atoms with Gasteiger partial charge in [0.1, 0.15) is 11.5 Å². The molecule has 1 aromatic rings. The highest BCUT2D eigenvalue weighted by Crippen LogP contribution is 2.31. The van der Waals surface area contributed by atoms with Gasteiger partial charge in [0.2, 0.25) is 0 Å². The van der Waals surface area contributed by atoms with E-state index in [0.717, 1.165) is 5.56 Å². The Morgan fingerprint density at radius 2 is 2.28 bits per heavy atom. The van der Waals surface area contributed by atoms with Gasteiger partial charge in [0.05, 0.1) is 13.7 Å². The summed E-state index contributed by atoms with van der Waals surface area (Å²) in [5.41, 5.74) is 0.770. The Bertz CT molecular complexity index is 480. The Balaban J connectivity index is 2.25. The van der Waals surface area contributed by atoms with Crippen LogP contribution in [0, 0.1) is 5.92 Å². The summed E-state index contributed by atoms with van der Waals surface area (Å²) in [5.74, 6) is -0.859. The lowest BCUT2D eigenvalue weighted by molar-refractivity contribution is -0.157. The summed E-state index contributed by atoms with van der Waals surface area (Å²) in [4.78, 5) is 23.3. The Kier molecular flexibility index (Phi) is 3.50. The van der Waals surface area contributed by atoms with E-state index >= 15 is 0 Å². The quantitative estimate of drug-likeness (QED) is 0.460. The second kappa shape index (κ2) is 5.08. The summed E-state index contributed by atoms with van der Waals surface area (Å²) in [6.07, 6.45) is 0.282. The molecular formula is C13H14O5. The standard InChI is InChI=1S/C13H14O5/c1-3-17-12(14)10-7-8-6-9(16-2)4-5-11(8)18-13(10)15/h4-6,10H,3,7H2,1-2H3. The third-order valence-corrected chi connectivity index (χ3v) is 2.76. The summed E-state index contributed by atoms with van der Waals surface area (Å²) in [6, 6.07) is 5.12. The van der Waals surface area contributed by atoms with Crippen LogP contribution in [0.25, 0.3) is 0 Å². The van der Waals surface area contributed by atoms with Gasteiger partial charge in [0, 0.05) is 12.0 Å². The maximum atomic E-state index is 11.7. The van der Waals surface area contributed by atoms with Crippen LogP contribution in [0.3, 0.4) is 0 Å². The Morgan fingerprint density at radius 3 is 2.94 bits per heavy atom. The monoisotopic (exact) mass is 250 g/mol. The van der Waals surface area contributed by atoms with Crippen molar-refractivity contribution in [3.05, 3.63) is 23.8 Å². The largest absolute Gasteiger partial charge is 0.497 e. The highest BCUT2D eigenvalue weighted by Gasteiger charge is 2.35. The first-order valence-electron chi connectivity index (χ1n) is 5.71. The topological polar surface area (TPSA) is 61.8 Å². The Hall–Kier alpha value is -2.04. The van der Waals surface area contributed by atoms with E-state index in [9.17, 15) is 9.59 Å². The molecule has 2 rings (SSSR count). The third-order valence-electron chi connectivity index (χ3n) is 2.76. The Labute approximate surface area is 105 Å². The average Bonchev–Trinajstić information content (AvgIpc) is 2.37. The van der Waals surface area contributed by atoms with Gasteiger partial charge in [-0.2, -0.15) is 0 Å². The van der Waals surface area contributed by atoms with Crippen LogP contribution in [0.2, 0.25) is 0 Å². The third kappa shape index (κ3) is 2.30.